The molecule has 0 aromatic carbocycles. The molecule has 17 heteroatoms. The third kappa shape index (κ3) is 12.8. The van der Waals surface area contributed by atoms with E-state index in [-0.39, 0.29) is 50.7 Å². The lowest BCUT2D eigenvalue weighted by Gasteiger charge is -2.30. The fraction of sp³-hybridized carbons (Fsp3) is 0.731. The number of aliphatic imine (C=N–C) groups is 1. The lowest BCUT2D eigenvalue weighted by atomic mass is 10.0. The Labute approximate surface area is 251 Å². The Morgan fingerprint density at radius 3 is 1.98 bits per heavy atom. The molecule has 0 saturated carbocycles. The van der Waals surface area contributed by atoms with Gasteiger partial charge in [-0.05, 0) is 57.8 Å². The van der Waals surface area contributed by atoms with E-state index in [0.29, 0.717) is 19.3 Å². The first-order chi connectivity index (χ1) is 20.0. The standard InChI is InChI=1S/C26H49N11O6/c1-13(2)12-18(36-22(40)16(28)9-8-15(27)21(30)39)23(41)35-17(6-4-10-33-26(31)32)25(43)37-11-5-7-19(37)24(42)34-14(3)20(29)38/h13-19H,4-12,27-28H2,1-3H3,(H2,29,38)(H2,30,39)(H,34,42)(H,35,41)(H,36,40)(H4,31,32,33)/t14-,15?,16-,17+,18+,19+/m1/s1. The van der Waals surface area contributed by atoms with Gasteiger partial charge in [-0.25, -0.2) is 0 Å². The van der Waals surface area contributed by atoms with Crippen molar-refractivity contribution < 1.29 is 28.8 Å². The van der Waals surface area contributed by atoms with Crippen molar-refractivity contribution in [3.63, 3.8) is 0 Å². The molecular weight excluding hydrogens is 562 g/mol. The molecule has 6 atom stereocenters. The van der Waals surface area contributed by atoms with Gasteiger partial charge in [0.25, 0.3) is 0 Å². The first-order valence-corrected chi connectivity index (χ1v) is 14.4. The lowest BCUT2D eigenvalue weighted by Crippen LogP contribution is -2.58. The number of hydrogen-bond donors (Lipinski definition) is 9. The summed E-state index contributed by atoms with van der Waals surface area (Å²) < 4.78 is 0. The summed E-state index contributed by atoms with van der Waals surface area (Å²) in [6, 6.07) is -5.92. The molecule has 15 N–H and O–H groups in total. The molecule has 43 heavy (non-hydrogen) atoms. The molecule has 0 aliphatic carbocycles. The molecule has 1 heterocycles. The number of likely N-dealkylation sites (tertiary alicyclic amines) is 1. The molecule has 1 rings (SSSR count). The molecule has 1 saturated heterocycles. The molecule has 1 fully saturated rings. The van der Waals surface area contributed by atoms with Gasteiger partial charge in [-0.1, -0.05) is 13.8 Å². The Morgan fingerprint density at radius 2 is 1.42 bits per heavy atom. The zero-order valence-electron chi connectivity index (χ0n) is 25.2. The summed E-state index contributed by atoms with van der Waals surface area (Å²) >= 11 is 0. The molecule has 0 bridgehead atoms. The van der Waals surface area contributed by atoms with Crippen LogP contribution < -0.4 is 50.4 Å². The molecule has 1 aliphatic heterocycles. The van der Waals surface area contributed by atoms with Gasteiger partial charge in [0.05, 0.1) is 12.1 Å². The molecular formula is C26H49N11O6. The van der Waals surface area contributed by atoms with Gasteiger partial charge in [0.2, 0.25) is 35.4 Å². The van der Waals surface area contributed by atoms with Crippen molar-refractivity contribution in [1.29, 1.82) is 0 Å². The number of rotatable bonds is 18. The van der Waals surface area contributed by atoms with Gasteiger partial charge in [0.15, 0.2) is 5.96 Å². The molecule has 244 valence electrons. The molecule has 0 aromatic rings. The minimum Gasteiger partial charge on any atom is -0.370 e. The molecule has 0 spiro atoms. The second kappa shape index (κ2) is 17.8. The van der Waals surface area contributed by atoms with Gasteiger partial charge in [-0.15, -0.1) is 0 Å². The molecule has 0 aromatic heterocycles. The summed E-state index contributed by atoms with van der Waals surface area (Å²) in [7, 11) is 0. The summed E-state index contributed by atoms with van der Waals surface area (Å²) in [6.45, 7) is 5.61. The highest BCUT2D eigenvalue weighted by Crippen LogP contribution is 2.20. The number of hydrogen-bond acceptors (Lipinski definition) is 9. The average Bonchev–Trinajstić information content (AvgIpc) is 3.41. The van der Waals surface area contributed by atoms with Crippen molar-refractivity contribution in [2.24, 2.45) is 45.3 Å². The number of nitrogens with two attached hydrogens (primary N) is 6. The SMILES string of the molecule is CC(C)C[C@H](NC(=O)[C@H](N)CCC(N)C(N)=O)C(=O)N[C@@H](CCCN=C(N)N)C(=O)N1CCC[C@H]1C(=O)N[C@H](C)C(N)=O. The van der Waals surface area contributed by atoms with Crippen LogP contribution in [-0.2, 0) is 28.8 Å². The van der Waals surface area contributed by atoms with Crippen molar-refractivity contribution in [1.82, 2.24) is 20.9 Å². The van der Waals surface area contributed by atoms with Gasteiger partial charge < -0.3 is 55.3 Å². The molecule has 17 nitrogen and oxygen atoms in total. The van der Waals surface area contributed by atoms with Gasteiger partial charge in [-0.3, -0.25) is 33.8 Å². The van der Waals surface area contributed by atoms with Crippen LogP contribution in [0.5, 0.6) is 0 Å². The predicted octanol–water partition coefficient (Wildman–Crippen LogP) is -4.04. The number of nitrogens with zero attached hydrogens (tertiary/aromatic N) is 2. The quantitative estimate of drug-likeness (QED) is 0.0410. The lowest BCUT2D eigenvalue weighted by molar-refractivity contribution is -0.142. The maximum absolute atomic E-state index is 13.7. The normalized spacial score (nSPS) is 18.1. The second-order valence-corrected chi connectivity index (χ2v) is 11.2. The molecule has 0 radical (unpaired) electrons. The highest BCUT2D eigenvalue weighted by atomic mass is 16.2. The smallest absolute Gasteiger partial charge is 0.245 e. The summed E-state index contributed by atoms with van der Waals surface area (Å²) in [6.07, 6.45) is 1.74. The van der Waals surface area contributed by atoms with Crippen LogP contribution in [-0.4, -0.2) is 95.6 Å². The Kier molecular flexibility index (Phi) is 15.4. The Bertz CT molecular complexity index is 1030. The molecule has 6 amide bonds. The fourth-order valence-corrected chi connectivity index (χ4v) is 4.53. The number of amides is 6. The minimum absolute atomic E-state index is 0.0227. The number of carbonyl (C=O) groups is 6. The summed E-state index contributed by atoms with van der Waals surface area (Å²) in [5.74, 6) is -3.88. The second-order valence-electron chi connectivity index (χ2n) is 11.2. The first-order valence-electron chi connectivity index (χ1n) is 14.4. The first kappa shape index (κ1) is 37.0. The van der Waals surface area contributed by atoms with Crippen molar-refractivity contribution in [3.05, 3.63) is 0 Å². The van der Waals surface area contributed by atoms with Crippen LogP contribution in [0.3, 0.4) is 0 Å². The zero-order valence-corrected chi connectivity index (χ0v) is 25.2. The predicted molar refractivity (Wildman–Crippen MR) is 159 cm³/mol. The van der Waals surface area contributed by atoms with E-state index in [1.807, 2.05) is 13.8 Å². The monoisotopic (exact) mass is 611 g/mol. The van der Waals surface area contributed by atoms with E-state index >= 15 is 0 Å². The van der Waals surface area contributed by atoms with Crippen molar-refractivity contribution in [3.8, 4) is 0 Å². The zero-order chi connectivity index (χ0) is 32.9. The summed E-state index contributed by atoms with van der Waals surface area (Å²) in [5, 5.41) is 7.88. The van der Waals surface area contributed by atoms with Crippen LogP contribution in [0.1, 0.15) is 65.7 Å². The van der Waals surface area contributed by atoms with Crippen LogP contribution in [0.4, 0.5) is 0 Å². The highest BCUT2D eigenvalue weighted by molar-refractivity contribution is 5.96. The third-order valence-electron chi connectivity index (χ3n) is 7.01. The number of carbonyl (C=O) groups excluding carboxylic acids is 6. The van der Waals surface area contributed by atoms with Crippen LogP contribution in [0, 0.1) is 5.92 Å². The average molecular weight is 612 g/mol. The summed E-state index contributed by atoms with van der Waals surface area (Å²) in [4.78, 5) is 80.8. The Balaban J connectivity index is 3.11. The maximum atomic E-state index is 13.7. The van der Waals surface area contributed by atoms with E-state index in [1.54, 1.807) is 0 Å². The van der Waals surface area contributed by atoms with Gasteiger partial charge in [0, 0.05) is 13.1 Å². The highest BCUT2D eigenvalue weighted by Gasteiger charge is 2.39. The van der Waals surface area contributed by atoms with E-state index in [2.05, 4.69) is 20.9 Å². The van der Waals surface area contributed by atoms with Crippen LogP contribution in [0.25, 0.3) is 0 Å². The Hall–Kier alpha value is -3.99. The minimum atomic E-state index is -1.07. The van der Waals surface area contributed by atoms with Crippen molar-refractivity contribution in [2.75, 3.05) is 13.1 Å². The fourth-order valence-electron chi connectivity index (χ4n) is 4.53. The van der Waals surface area contributed by atoms with E-state index in [9.17, 15) is 28.8 Å². The van der Waals surface area contributed by atoms with E-state index in [4.69, 9.17) is 34.4 Å². The van der Waals surface area contributed by atoms with Gasteiger partial charge in [-0.2, -0.15) is 0 Å². The van der Waals surface area contributed by atoms with E-state index < -0.39 is 71.7 Å². The molecule has 1 unspecified atom stereocenters. The Morgan fingerprint density at radius 1 is 0.814 bits per heavy atom. The van der Waals surface area contributed by atoms with Gasteiger partial charge in [0.1, 0.15) is 24.2 Å². The largest absolute Gasteiger partial charge is 0.370 e. The van der Waals surface area contributed by atoms with Crippen molar-refractivity contribution in [2.45, 2.75) is 102 Å². The topological polar surface area (TPSA) is 310 Å². The van der Waals surface area contributed by atoms with Crippen LogP contribution in [0.15, 0.2) is 4.99 Å². The molecule has 1 aliphatic rings. The van der Waals surface area contributed by atoms with E-state index in [0.717, 1.165) is 0 Å². The van der Waals surface area contributed by atoms with Crippen LogP contribution >= 0.6 is 0 Å². The third-order valence-corrected chi connectivity index (χ3v) is 7.01. The summed E-state index contributed by atoms with van der Waals surface area (Å²) in [5.41, 5.74) is 32.8. The number of nitrogens with one attached hydrogen (secondary N) is 3. The van der Waals surface area contributed by atoms with Crippen LogP contribution in [0.2, 0.25) is 0 Å². The maximum Gasteiger partial charge on any atom is 0.245 e. The van der Waals surface area contributed by atoms with Crippen molar-refractivity contribution >= 4 is 41.4 Å². The number of guanidine groups is 1. The number of primary amides is 2. The van der Waals surface area contributed by atoms with E-state index in [1.165, 1.54) is 11.8 Å². The van der Waals surface area contributed by atoms with Gasteiger partial charge >= 0.3 is 0 Å².